The van der Waals surface area contributed by atoms with E-state index in [9.17, 15) is 10.1 Å². The number of carbonyl (C=O) groups is 1. The highest BCUT2D eigenvalue weighted by atomic mass is 35.5. The molecular formula is C29H22ClN3O. The van der Waals surface area contributed by atoms with Gasteiger partial charge in [-0.15, -0.1) is 0 Å². The fourth-order valence-corrected chi connectivity index (χ4v) is 3.64. The summed E-state index contributed by atoms with van der Waals surface area (Å²) in [4.78, 5) is 14.7. The van der Waals surface area contributed by atoms with E-state index in [0.717, 1.165) is 28.2 Å². The van der Waals surface area contributed by atoms with Gasteiger partial charge in [-0.2, -0.15) is 5.26 Å². The second-order valence-corrected chi connectivity index (χ2v) is 8.01. The number of para-hydroxylation sites is 2. The molecule has 0 aliphatic carbocycles. The Morgan fingerprint density at radius 1 is 0.794 bits per heavy atom. The van der Waals surface area contributed by atoms with Crippen LogP contribution in [-0.2, 0) is 11.3 Å². The summed E-state index contributed by atoms with van der Waals surface area (Å²) in [6.07, 6.45) is 1.59. The van der Waals surface area contributed by atoms with Crippen molar-refractivity contribution in [2.24, 2.45) is 0 Å². The van der Waals surface area contributed by atoms with Gasteiger partial charge in [-0.05, 0) is 65.7 Å². The second kappa shape index (κ2) is 11.0. The van der Waals surface area contributed by atoms with Gasteiger partial charge in [-0.1, -0.05) is 72.3 Å². The molecule has 34 heavy (non-hydrogen) atoms. The molecule has 0 fully saturated rings. The third-order valence-corrected chi connectivity index (χ3v) is 5.47. The molecule has 0 saturated heterocycles. The van der Waals surface area contributed by atoms with Crippen LogP contribution in [0.2, 0.25) is 5.02 Å². The Morgan fingerprint density at radius 3 is 1.85 bits per heavy atom. The van der Waals surface area contributed by atoms with E-state index in [2.05, 4.69) is 34.5 Å². The monoisotopic (exact) mass is 463 g/mol. The molecular weight excluding hydrogens is 442 g/mol. The van der Waals surface area contributed by atoms with Gasteiger partial charge >= 0.3 is 0 Å². The summed E-state index contributed by atoms with van der Waals surface area (Å²) in [5.74, 6) is -0.420. The molecule has 0 bridgehead atoms. The van der Waals surface area contributed by atoms with Gasteiger partial charge in [0.2, 0.25) is 0 Å². The van der Waals surface area contributed by atoms with E-state index in [-0.39, 0.29) is 5.57 Å². The molecule has 0 radical (unpaired) electrons. The predicted octanol–water partition coefficient (Wildman–Crippen LogP) is 7.03. The molecule has 0 aliphatic rings. The van der Waals surface area contributed by atoms with Crippen molar-refractivity contribution in [3.63, 3.8) is 0 Å². The molecule has 4 nitrogen and oxygen atoms in total. The molecule has 0 unspecified atom stereocenters. The molecule has 0 aromatic heterocycles. The van der Waals surface area contributed by atoms with Crippen LogP contribution < -0.4 is 10.2 Å². The Hall–Kier alpha value is -4.33. The number of carbonyl (C=O) groups excluding carboxylic acids is 1. The Balaban J connectivity index is 1.53. The van der Waals surface area contributed by atoms with E-state index in [4.69, 9.17) is 11.6 Å². The quantitative estimate of drug-likeness (QED) is 0.236. The lowest BCUT2D eigenvalue weighted by molar-refractivity contribution is -0.117. The van der Waals surface area contributed by atoms with Crippen molar-refractivity contribution in [2.75, 3.05) is 4.90 Å². The molecule has 166 valence electrons. The summed E-state index contributed by atoms with van der Waals surface area (Å²) in [7, 11) is 0. The van der Waals surface area contributed by atoms with Crippen molar-refractivity contribution < 1.29 is 4.79 Å². The van der Waals surface area contributed by atoms with Crippen molar-refractivity contribution in [1.29, 1.82) is 5.26 Å². The highest BCUT2D eigenvalue weighted by Crippen LogP contribution is 2.34. The molecule has 4 rings (SSSR count). The Kier molecular flexibility index (Phi) is 7.39. The first kappa shape index (κ1) is 22.8. The first-order valence-corrected chi connectivity index (χ1v) is 11.2. The third kappa shape index (κ3) is 5.72. The zero-order chi connectivity index (χ0) is 23.8. The average Bonchev–Trinajstić information content (AvgIpc) is 2.89. The number of halogens is 1. The standard InChI is InChI=1S/C29H22ClN3O/c30-25-15-11-23(12-16-25)21-32-29(34)24(20-31)19-22-13-17-28(18-14-22)33(26-7-3-1-4-8-26)27-9-5-2-6-10-27/h1-19H,21H2,(H,32,34)/b24-19+. The SMILES string of the molecule is N#C/C(=C\c1ccc(N(c2ccccc2)c2ccccc2)cc1)C(=O)NCc1ccc(Cl)cc1. The van der Waals surface area contributed by atoms with Gasteiger partial charge in [0, 0.05) is 28.6 Å². The van der Waals surface area contributed by atoms with Crippen LogP contribution in [0.25, 0.3) is 6.08 Å². The normalized spacial score (nSPS) is 10.9. The van der Waals surface area contributed by atoms with Crippen LogP contribution in [0.5, 0.6) is 0 Å². The minimum absolute atomic E-state index is 0.0460. The maximum Gasteiger partial charge on any atom is 0.262 e. The van der Waals surface area contributed by atoms with E-state index in [0.29, 0.717) is 11.6 Å². The van der Waals surface area contributed by atoms with Crippen LogP contribution in [0.4, 0.5) is 17.1 Å². The largest absolute Gasteiger partial charge is 0.347 e. The Morgan fingerprint density at radius 2 is 1.32 bits per heavy atom. The Labute approximate surface area is 204 Å². The predicted molar refractivity (Wildman–Crippen MR) is 138 cm³/mol. The van der Waals surface area contributed by atoms with Gasteiger partial charge in [0.05, 0.1) is 0 Å². The highest BCUT2D eigenvalue weighted by molar-refractivity contribution is 6.30. The van der Waals surface area contributed by atoms with Crippen molar-refractivity contribution >= 4 is 40.6 Å². The molecule has 0 heterocycles. The summed E-state index contributed by atoms with van der Waals surface area (Å²) in [6.45, 7) is 0.317. The average molecular weight is 464 g/mol. The summed E-state index contributed by atoms with van der Waals surface area (Å²) in [6, 6.07) is 37.2. The van der Waals surface area contributed by atoms with Gasteiger partial charge in [0.1, 0.15) is 11.6 Å². The summed E-state index contributed by atoms with van der Waals surface area (Å²) in [5, 5.41) is 12.9. The van der Waals surface area contributed by atoms with E-state index in [1.54, 1.807) is 18.2 Å². The number of hydrogen-bond acceptors (Lipinski definition) is 3. The summed E-state index contributed by atoms with van der Waals surface area (Å²) < 4.78 is 0. The van der Waals surface area contributed by atoms with E-state index < -0.39 is 5.91 Å². The number of benzene rings is 4. The minimum Gasteiger partial charge on any atom is -0.347 e. The minimum atomic E-state index is -0.420. The van der Waals surface area contributed by atoms with Crippen molar-refractivity contribution in [1.82, 2.24) is 5.32 Å². The molecule has 0 aliphatic heterocycles. The lowest BCUT2D eigenvalue weighted by atomic mass is 10.1. The van der Waals surface area contributed by atoms with Gasteiger partial charge in [0.25, 0.3) is 5.91 Å². The summed E-state index contributed by atoms with van der Waals surface area (Å²) >= 11 is 5.90. The van der Waals surface area contributed by atoms with Crippen LogP contribution >= 0.6 is 11.6 Å². The first-order valence-electron chi connectivity index (χ1n) is 10.8. The Bertz CT molecular complexity index is 1270. The van der Waals surface area contributed by atoms with Gasteiger partial charge < -0.3 is 10.2 Å². The van der Waals surface area contributed by atoms with Crippen LogP contribution in [0.1, 0.15) is 11.1 Å². The molecule has 0 spiro atoms. The molecule has 0 saturated carbocycles. The van der Waals surface area contributed by atoms with Crippen molar-refractivity contribution in [2.45, 2.75) is 6.54 Å². The second-order valence-electron chi connectivity index (χ2n) is 7.58. The topological polar surface area (TPSA) is 56.1 Å². The van der Waals surface area contributed by atoms with E-state index in [1.807, 2.05) is 78.9 Å². The maximum absolute atomic E-state index is 12.5. The highest BCUT2D eigenvalue weighted by Gasteiger charge is 2.12. The van der Waals surface area contributed by atoms with Crippen molar-refractivity contribution in [3.8, 4) is 6.07 Å². The molecule has 1 amide bonds. The number of hydrogen-bond donors (Lipinski definition) is 1. The van der Waals surface area contributed by atoms with Gasteiger partial charge in [-0.25, -0.2) is 0 Å². The molecule has 5 heteroatoms. The number of anilines is 3. The van der Waals surface area contributed by atoms with Gasteiger partial charge in [0.15, 0.2) is 0 Å². The fraction of sp³-hybridized carbons (Fsp3) is 0.0345. The van der Waals surface area contributed by atoms with Gasteiger partial charge in [-0.3, -0.25) is 4.79 Å². The summed E-state index contributed by atoms with van der Waals surface area (Å²) in [5.41, 5.74) is 4.77. The van der Waals surface area contributed by atoms with Crippen LogP contribution in [-0.4, -0.2) is 5.91 Å². The molecule has 4 aromatic rings. The smallest absolute Gasteiger partial charge is 0.262 e. The lowest BCUT2D eigenvalue weighted by Crippen LogP contribution is -2.23. The van der Waals surface area contributed by atoms with E-state index in [1.165, 1.54) is 0 Å². The number of amides is 1. The fourth-order valence-electron chi connectivity index (χ4n) is 3.52. The third-order valence-electron chi connectivity index (χ3n) is 5.22. The first-order chi connectivity index (χ1) is 16.6. The molecule has 1 N–H and O–H groups in total. The van der Waals surface area contributed by atoms with E-state index >= 15 is 0 Å². The van der Waals surface area contributed by atoms with Crippen LogP contribution in [0.3, 0.4) is 0 Å². The maximum atomic E-state index is 12.5. The van der Waals surface area contributed by atoms with Crippen LogP contribution in [0, 0.1) is 11.3 Å². The number of nitrogens with zero attached hydrogens (tertiary/aromatic N) is 2. The zero-order valence-electron chi connectivity index (χ0n) is 18.4. The molecule has 4 aromatic carbocycles. The number of rotatable bonds is 7. The zero-order valence-corrected chi connectivity index (χ0v) is 19.1. The number of nitrogens with one attached hydrogen (secondary N) is 1. The van der Waals surface area contributed by atoms with Crippen molar-refractivity contribution in [3.05, 3.63) is 131 Å². The van der Waals surface area contributed by atoms with Crippen LogP contribution in [0.15, 0.2) is 115 Å². The lowest BCUT2D eigenvalue weighted by Gasteiger charge is -2.25. The number of nitriles is 1. The molecule has 0 atom stereocenters.